The van der Waals surface area contributed by atoms with Gasteiger partial charge in [0.15, 0.2) is 0 Å². The first-order valence-electron chi connectivity index (χ1n) is 8.73. The van der Waals surface area contributed by atoms with Gasteiger partial charge in [-0.25, -0.2) is 8.42 Å². The third-order valence-corrected chi connectivity index (χ3v) is 8.73. The molecule has 0 atom stereocenters. The molecule has 0 aliphatic carbocycles. The molecule has 27 heavy (non-hydrogen) atoms. The van der Waals surface area contributed by atoms with Gasteiger partial charge in [0.25, 0.3) is 10.0 Å². The Hall–Kier alpha value is -1.22. The van der Waals surface area contributed by atoms with Crippen molar-refractivity contribution >= 4 is 43.3 Å². The quantitative estimate of drug-likeness (QED) is 0.488. The lowest BCUT2D eigenvalue weighted by Crippen LogP contribution is -2.40. The zero-order chi connectivity index (χ0) is 19.8. The number of ether oxygens (including phenoxy) is 1. The minimum Gasteiger partial charge on any atom is -0.426 e. The molecule has 0 N–H and O–H groups in total. The second-order valence-electron chi connectivity index (χ2n) is 6.89. The predicted octanol–water partition coefficient (Wildman–Crippen LogP) is 4.44. The lowest BCUT2D eigenvalue weighted by Gasteiger charge is -2.29. The Morgan fingerprint density at radius 1 is 1.15 bits per heavy atom. The molecule has 146 valence electrons. The van der Waals surface area contributed by atoms with Crippen LogP contribution in [0.15, 0.2) is 32.3 Å². The number of halogens is 1. The first-order valence-corrected chi connectivity index (χ1v) is 11.8. The van der Waals surface area contributed by atoms with E-state index in [1.165, 1.54) is 15.6 Å². The molecule has 0 spiro atoms. The van der Waals surface area contributed by atoms with Crippen molar-refractivity contribution in [1.29, 1.82) is 0 Å². The van der Waals surface area contributed by atoms with Crippen molar-refractivity contribution in [2.24, 2.45) is 5.92 Å². The van der Waals surface area contributed by atoms with E-state index in [9.17, 15) is 13.2 Å². The topological polar surface area (TPSA) is 63.7 Å². The van der Waals surface area contributed by atoms with Gasteiger partial charge in [0.05, 0.1) is 9.70 Å². The van der Waals surface area contributed by atoms with Gasteiger partial charge in [-0.2, -0.15) is 4.31 Å². The highest BCUT2D eigenvalue weighted by Crippen LogP contribution is 2.32. The van der Waals surface area contributed by atoms with E-state index in [0.29, 0.717) is 35.9 Å². The molecule has 1 aromatic heterocycles. The number of carbonyl (C=O) groups is 1. The van der Waals surface area contributed by atoms with Crippen molar-refractivity contribution in [3.63, 3.8) is 0 Å². The van der Waals surface area contributed by atoms with E-state index in [4.69, 9.17) is 4.74 Å². The average Bonchev–Trinajstić information content (AvgIpc) is 3.05. The summed E-state index contributed by atoms with van der Waals surface area (Å²) in [6, 6.07) is 7.31. The van der Waals surface area contributed by atoms with Gasteiger partial charge in [-0.3, -0.25) is 4.79 Å². The summed E-state index contributed by atoms with van der Waals surface area (Å²) in [6.07, 6.45) is 0.934. The molecule has 0 unspecified atom stereocenters. The minimum atomic E-state index is -3.50. The molecule has 8 heteroatoms. The fourth-order valence-electron chi connectivity index (χ4n) is 3.41. The standard InChI is InChI=1S/C19H22BrNO4S2/c1-12-10-13(2)18(14(3)11-12)25-19(22)15-6-8-21(9-7-15)27(23,24)17-5-4-16(20)26-17/h4-5,10-11,15H,6-9H2,1-3H3. The van der Waals surface area contributed by atoms with Crippen LogP contribution in [-0.2, 0) is 14.8 Å². The zero-order valence-electron chi connectivity index (χ0n) is 15.5. The molecule has 2 heterocycles. The van der Waals surface area contributed by atoms with Crippen LogP contribution < -0.4 is 4.74 Å². The molecule has 0 saturated carbocycles. The summed E-state index contributed by atoms with van der Waals surface area (Å²) in [5.74, 6) is 0.0525. The maximum Gasteiger partial charge on any atom is 0.314 e. The monoisotopic (exact) mass is 471 g/mol. The van der Waals surface area contributed by atoms with Crippen LogP contribution in [0.5, 0.6) is 5.75 Å². The van der Waals surface area contributed by atoms with E-state index >= 15 is 0 Å². The number of sulfonamides is 1. The van der Waals surface area contributed by atoms with Crippen molar-refractivity contribution in [2.75, 3.05) is 13.1 Å². The number of piperidine rings is 1. The number of nitrogens with zero attached hydrogens (tertiary/aromatic N) is 1. The molecule has 1 fully saturated rings. The number of benzene rings is 1. The highest BCUT2D eigenvalue weighted by atomic mass is 79.9. The largest absolute Gasteiger partial charge is 0.426 e. The summed E-state index contributed by atoms with van der Waals surface area (Å²) in [5.41, 5.74) is 3.00. The van der Waals surface area contributed by atoms with Gasteiger partial charge in [0.1, 0.15) is 9.96 Å². The van der Waals surface area contributed by atoms with Crippen LogP contribution in [-0.4, -0.2) is 31.8 Å². The molecule has 1 aliphatic rings. The lowest BCUT2D eigenvalue weighted by molar-refractivity contribution is -0.140. The maximum absolute atomic E-state index is 12.7. The summed E-state index contributed by atoms with van der Waals surface area (Å²) in [7, 11) is -3.50. The van der Waals surface area contributed by atoms with E-state index in [1.54, 1.807) is 12.1 Å². The Labute approximate surface area is 172 Å². The van der Waals surface area contributed by atoms with E-state index in [0.717, 1.165) is 20.5 Å². The zero-order valence-corrected chi connectivity index (χ0v) is 18.7. The van der Waals surface area contributed by atoms with Crippen LogP contribution in [0.3, 0.4) is 0 Å². The summed E-state index contributed by atoms with van der Waals surface area (Å²) in [4.78, 5) is 12.6. The van der Waals surface area contributed by atoms with Gasteiger partial charge >= 0.3 is 5.97 Å². The van der Waals surface area contributed by atoms with E-state index in [1.807, 2.05) is 32.9 Å². The average molecular weight is 472 g/mol. The number of rotatable bonds is 4. The molecular weight excluding hydrogens is 450 g/mol. The number of thiophene rings is 1. The summed E-state index contributed by atoms with van der Waals surface area (Å²) < 4.78 is 33.6. The van der Waals surface area contributed by atoms with Crippen molar-refractivity contribution in [1.82, 2.24) is 4.31 Å². The fraction of sp³-hybridized carbons (Fsp3) is 0.421. The molecular formula is C19H22BrNO4S2. The van der Waals surface area contributed by atoms with Crippen LogP contribution in [0.1, 0.15) is 29.5 Å². The second-order valence-corrected chi connectivity index (χ2v) is 11.5. The molecule has 0 radical (unpaired) electrons. The van der Waals surface area contributed by atoms with Gasteiger partial charge in [-0.1, -0.05) is 17.7 Å². The van der Waals surface area contributed by atoms with Crippen molar-refractivity contribution < 1.29 is 17.9 Å². The van der Waals surface area contributed by atoms with Crippen molar-refractivity contribution in [2.45, 2.75) is 37.8 Å². The predicted molar refractivity (Wildman–Crippen MR) is 110 cm³/mol. The molecule has 1 saturated heterocycles. The molecule has 1 aliphatic heterocycles. The molecule has 2 aromatic rings. The number of carbonyl (C=O) groups excluding carboxylic acids is 1. The summed E-state index contributed by atoms with van der Waals surface area (Å²) in [5, 5.41) is 0. The minimum absolute atomic E-state index is 0.277. The van der Waals surface area contributed by atoms with Crippen molar-refractivity contribution in [3.8, 4) is 5.75 Å². The van der Waals surface area contributed by atoms with E-state index in [-0.39, 0.29) is 11.9 Å². The van der Waals surface area contributed by atoms with E-state index in [2.05, 4.69) is 15.9 Å². The highest BCUT2D eigenvalue weighted by molar-refractivity contribution is 9.11. The Balaban J connectivity index is 1.65. The first-order chi connectivity index (χ1) is 12.7. The van der Waals surface area contributed by atoms with Gasteiger partial charge in [0, 0.05) is 13.1 Å². The molecule has 0 amide bonds. The number of esters is 1. The second kappa shape index (κ2) is 8.03. The van der Waals surface area contributed by atoms with Gasteiger partial charge in [-0.15, -0.1) is 11.3 Å². The smallest absolute Gasteiger partial charge is 0.314 e. The summed E-state index contributed by atoms with van der Waals surface area (Å²) >= 11 is 4.50. The van der Waals surface area contributed by atoms with E-state index < -0.39 is 10.0 Å². The van der Waals surface area contributed by atoms with Crippen LogP contribution in [0.2, 0.25) is 0 Å². The third-order valence-electron chi connectivity index (χ3n) is 4.74. The van der Waals surface area contributed by atoms with Gasteiger partial charge in [0.2, 0.25) is 0 Å². The molecule has 5 nitrogen and oxygen atoms in total. The van der Waals surface area contributed by atoms with Crippen LogP contribution in [0.4, 0.5) is 0 Å². The normalized spacial score (nSPS) is 16.4. The molecule has 3 rings (SSSR count). The number of hydrogen-bond acceptors (Lipinski definition) is 5. The van der Waals surface area contributed by atoms with Crippen molar-refractivity contribution in [3.05, 3.63) is 44.7 Å². The Morgan fingerprint density at radius 3 is 2.26 bits per heavy atom. The highest BCUT2D eigenvalue weighted by Gasteiger charge is 2.34. The van der Waals surface area contributed by atoms with Gasteiger partial charge in [-0.05, 0) is 72.8 Å². The fourth-order valence-corrected chi connectivity index (χ4v) is 7.04. The Bertz CT molecular complexity index is 937. The number of hydrogen-bond donors (Lipinski definition) is 0. The van der Waals surface area contributed by atoms with Crippen LogP contribution in [0.25, 0.3) is 0 Å². The van der Waals surface area contributed by atoms with Crippen LogP contribution >= 0.6 is 27.3 Å². The number of aryl methyl sites for hydroxylation is 3. The SMILES string of the molecule is Cc1cc(C)c(OC(=O)C2CCN(S(=O)(=O)c3ccc(Br)s3)CC2)c(C)c1. The van der Waals surface area contributed by atoms with Gasteiger partial charge < -0.3 is 4.74 Å². The maximum atomic E-state index is 12.7. The molecule has 0 bridgehead atoms. The Kier molecular flexibility index (Phi) is 6.10. The lowest BCUT2D eigenvalue weighted by atomic mass is 9.98. The van der Waals surface area contributed by atoms with Crippen LogP contribution in [0, 0.1) is 26.7 Å². The third kappa shape index (κ3) is 4.45. The first kappa shape index (κ1) is 20.5. The summed E-state index contributed by atoms with van der Waals surface area (Å²) in [6.45, 7) is 6.51. The molecule has 1 aromatic carbocycles. The Morgan fingerprint density at radius 2 is 1.74 bits per heavy atom.